The van der Waals surface area contributed by atoms with E-state index in [4.69, 9.17) is 0 Å². The van der Waals surface area contributed by atoms with Crippen molar-refractivity contribution in [3.05, 3.63) is 264 Å². The van der Waals surface area contributed by atoms with E-state index in [2.05, 4.69) is 240 Å². The Kier molecular flexibility index (Phi) is 8.31. The highest BCUT2D eigenvalue weighted by atomic mass is 15.1. The van der Waals surface area contributed by atoms with E-state index in [9.17, 15) is 0 Å². The van der Waals surface area contributed by atoms with Gasteiger partial charge >= 0.3 is 0 Å². The molecule has 0 atom stereocenters. The fraction of sp³-hybridized carbons (Fsp3) is 0.159. The van der Waals surface area contributed by atoms with Crippen LogP contribution in [0.15, 0.2) is 231 Å². The third-order valence-corrected chi connectivity index (χ3v) is 18.4. The number of hydrogen-bond donors (Lipinski definition) is 0. The van der Waals surface area contributed by atoms with Crippen molar-refractivity contribution in [2.24, 2.45) is 23.7 Å². The summed E-state index contributed by atoms with van der Waals surface area (Å²) >= 11 is 0. The topological polar surface area (TPSA) is 8.17 Å². The van der Waals surface area contributed by atoms with Gasteiger partial charge in [0, 0.05) is 38.9 Å². The zero-order valence-electron chi connectivity index (χ0n) is 39.7. The molecule has 4 bridgehead atoms. The van der Waals surface area contributed by atoms with E-state index in [1.807, 2.05) is 0 Å². The van der Waals surface area contributed by atoms with Crippen LogP contribution in [-0.2, 0) is 10.8 Å². The van der Waals surface area contributed by atoms with Crippen LogP contribution in [0.5, 0.6) is 0 Å². The summed E-state index contributed by atoms with van der Waals surface area (Å²) in [6, 6.07) is 88.1. The normalized spacial score (nSPS) is 21.7. The summed E-state index contributed by atoms with van der Waals surface area (Å²) in [4.78, 5) is 2.53. The van der Waals surface area contributed by atoms with Crippen LogP contribution >= 0.6 is 0 Å². The van der Waals surface area contributed by atoms with Crippen LogP contribution in [-0.4, -0.2) is 4.57 Å². The van der Waals surface area contributed by atoms with E-state index in [0.717, 1.165) is 23.2 Å². The van der Waals surface area contributed by atoms with Crippen LogP contribution < -0.4 is 4.90 Å². The van der Waals surface area contributed by atoms with Gasteiger partial charge in [-0.25, -0.2) is 0 Å². The lowest BCUT2D eigenvalue weighted by atomic mass is 9.38. The molecule has 0 unspecified atom stereocenters. The number of anilines is 3. The van der Waals surface area contributed by atoms with E-state index in [1.165, 1.54) is 121 Å². The lowest BCUT2D eigenvalue weighted by Gasteiger charge is -2.65. The second-order valence-electron chi connectivity index (χ2n) is 21.6. The van der Waals surface area contributed by atoms with E-state index in [0.29, 0.717) is 11.8 Å². The third kappa shape index (κ3) is 5.38. The number of benzene rings is 10. The van der Waals surface area contributed by atoms with Crippen LogP contribution in [0.3, 0.4) is 0 Å². The molecule has 2 nitrogen and oxygen atoms in total. The smallest absolute Gasteiger partial charge is 0.0720 e. The van der Waals surface area contributed by atoms with Crippen LogP contribution in [0, 0.1) is 23.7 Å². The van der Waals surface area contributed by atoms with E-state index < -0.39 is 5.41 Å². The summed E-state index contributed by atoms with van der Waals surface area (Å²) in [5.41, 5.74) is 20.8. The predicted octanol–water partition coefficient (Wildman–Crippen LogP) is 17.5. The number of hydrogen-bond acceptors (Lipinski definition) is 1. The molecule has 4 saturated carbocycles. The maximum absolute atomic E-state index is 2.66. The predicted molar refractivity (Wildman–Crippen MR) is 294 cm³/mol. The van der Waals surface area contributed by atoms with Crippen molar-refractivity contribution in [1.29, 1.82) is 0 Å². The van der Waals surface area contributed by atoms with Gasteiger partial charge in [0.25, 0.3) is 0 Å². The molecule has 17 rings (SSSR count). The molecule has 338 valence electrons. The van der Waals surface area contributed by atoms with Gasteiger partial charge < -0.3 is 9.47 Å². The fourth-order valence-electron chi connectivity index (χ4n) is 16.0. The number of fused-ring (bicyclic) bond motifs is 13. The molecule has 0 amide bonds. The lowest BCUT2D eigenvalue weighted by molar-refractivity contribution is -0.0440. The fourth-order valence-corrected chi connectivity index (χ4v) is 16.0. The van der Waals surface area contributed by atoms with Crippen LogP contribution in [0.4, 0.5) is 17.1 Å². The van der Waals surface area contributed by atoms with Crippen molar-refractivity contribution in [2.45, 2.75) is 42.9 Å². The second-order valence-corrected chi connectivity index (χ2v) is 21.6. The van der Waals surface area contributed by atoms with Gasteiger partial charge in [0.2, 0.25) is 0 Å². The molecule has 6 aliphatic carbocycles. The molecular weight excluding hydrogens is 857 g/mol. The summed E-state index contributed by atoms with van der Waals surface area (Å²) in [5.74, 6) is 3.03. The summed E-state index contributed by atoms with van der Waals surface area (Å²) in [6.45, 7) is 0. The summed E-state index contributed by atoms with van der Waals surface area (Å²) in [7, 11) is 0. The Morgan fingerprint density at radius 3 is 1.48 bits per heavy atom. The Morgan fingerprint density at radius 1 is 0.352 bits per heavy atom. The minimum absolute atomic E-state index is 0.0118. The summed E-state index contributed by atoms with van der Waals surface area (Å²) in [6.07, 6.45) is 6.83. The minimum atomic E-state index is -0.459. The van der Waals surface area contributed by atoms with Gasteiger partial charge in [0.15, 0.2) is 0 Å². The second kappa shape index (κ2) is 14.8. The molecule has 71 heavy (non-hydrogen) atoms. The van der Waals surface area contributed by atoms with Gasteiger partial charge in [-0.3, -0.25) is 0 Å². The Bertz CT molecular complexity index is 3840. The van der Waals surface area contributed by atoms with Gasteiger partial charge in [-0.1, -0.05) is 170 Å². The van der Waals surface area contributed by atoms with Gasteiger partial charge in [0.05, 0.1) is 16.4 Å². The molecule has 2 spiro atoms. The quantitative estimate of drug-likeness (QED) is 0.167. The number of para-hydroxylation sites is 2. The van der Waals surface area contributed by atoms with Gasteiger partial charge in [-0.2, -0.15) is 0 Å². The van der Waals surface area contributed by atoms with Crippen LogP contribution in [0.2, 0.25) is 0 Å². The molecule has 0 aliphatic heterocycles. The van der Waals surface area contributed by atoms with E-state index in [-0.39, 0.29) is 5.41 Å². The monoisotopic (exact) mass is 908 g/mol. The molecule has 0 N–H and O–H groups in total. The molecule has 11 aromatic rings. The molecule has 4 fully saturated rings. The summed E-state index contributed by atoms with van der Waals surface area (Å²) < 4.78 is 2.40. The molecule has 0 radical (unpaired) electrons. The first kappa shape index (κ1) is 39.9. The van der Waals surface area contributed by atoms with Gasteiger partial charge in [-0.05, 0) is 183 Å². The standard InChI is InChI=1S/C69H52N2/c1-2-14-49-42-54(34-29-46(49)13-1)70(52-30-25-47(26-31-52)48-27-32-53(33-28-48)71-66-23-11-5-17-58(66)59-18-6-12-24-67(59)71)55-35-36-64-65(43-55)69(60-19-7-3-15-56(60)57-16-4-8-20-61(57)69)63-22-10-9-21-62(63)68(64)50-38-44-37-45(40-50)41-51(68)39-44/h1-36,42-45,50-51H,37-41H2. The molecular formula is C69H52N2. The highest BCUT2D eigenvalue weighted by Gasteiger charge is 2.64. The first-order chi connectivity index (χ1) is 35.2. The maximum atomic E-state index is 2.66. The van der Waals surface area contributed by atoms with E-state index >= 15 is 0 Å². The minimum Gasteiger partial charge on any atom is -0.310 e. The Balaban J connectivity index is 0.886. The molecule has 10 aromatic carbocycles. The van der Waals surface area contributed by atoms with Crippen molar-refractivity contribution < 1.29 is 0 Å². The molecule has 1 heterocycles. The largest absolute Gasteiger partial charge is 0.310 e. The average Bonchev–Trinajstić information content (AvgIpc) is 3.92. The Hall–Kier alpha value is -7.94. The molecule has 0 saturated heterocycles. The lowest BCUT2D eigenvalue weighted by Crippen LogP contribution is -2.59. The van der Waals surface area contributed by atoms with Crippen LogP contribution in [0.1, 0.15) is 65.5 Å². The third-order valence-electron chi connectivity index (χ3n) is 18.4. The van der Waals surface area contributed by atoms with Crippen molar-refractivity contribution in [1.82, 2.24) is 4.57 Å². The van der Waals surface area contributed by atoms with Crippen LogP contribution in [0.25, 0.3) is 60.5 Å². The van der Waals surface area contributed by atoms with Crippen molar-refractivity contribution >= 4 is 49.6 Å². The highest BCUT2D eigenvalue weighted by molar-refractivity contribution is 6.09. The number of aromatic nitrogens is 1. The summed E-state index contributed by atoms with van der Waals surface area (Å²) in [5, 5.41) is 5.05. The maximum Gasteiger partial charge on any atom is 0.0720 e. The molecule has 2 heteroatoms. The van der Waals surface area contributed by atoms with Crippen molar-refractivity contribution in [3.8, 4) is 27.9 Å². The number of nitrogens with zero attached hydrogens (tertiary/aromatic N) is 2. The first-order valence-corrected chi connectivity index (χ1v) is 26.1. The zero-order chi connectivity index (χ0) is 46.4. The van der Waals surface area contributed by atoms with E-state index in [1.54, 1.807) is 11.1 Å². The Morgan fingerprint density at radius 2 is 0.831 bits per heavy atom. The Labute approximate surface area is 415 Å². The molecule has 6 aliphatic rings. The van der Waals surface area contributed by atoms with Gasteiger partial charge in [-0.15, -0.1) is 0 Å². The van der Waals surface area contributed by atoms with Crippen molar-refractivity contribution in [3.63, 3.8) is 0 Å². The average molecular weight is 909 g/mol. The van der Waals surface area contributed by atoms with Gasteiger partial charge in [0.1, 0.15) is 0 Å². The molecule has 1 aromatic heterocycles. The SMILES string of the molecule is c1ccc2c(c1)-c1ccccc1C21c2ccccc2C2(c3ccc(N(c4ccc(-c5ccc(-n6c7ccccc7c7ccccc76)cc5)cc4)c4ccc5ccccc5c4)cc31)C1CC3CC(C1)CC2C3. The zero-order valence-corrected chi connectivity index (χ0v) is 39.7. The first-order valence-electron chi connectivity index (χ1n) is 26.1. The van der Waals surface area contributed by atoms with Crippen molar-refractivity contribution in [2.75, 3.05) is 4.90 Å². The highest BCUT2D eigenvalue weighted by Crippen LogP contribution is 2.71. The number of rotatable bonds is 5.